The summed E-state index contributed by atoms with van der Waals surface area (Å²) in [7, 11) is 0. The van der Waals surface area contributed by atoms with Crippen molar-refractivity contribution in [3.63, 3.8) is 0 Å². The molecule has 76 valence electrons. The number of hydrogen-bond acceptors (Lipinski definition) is 4. The summed E-state index contributed by atoms with van der Waals surface area (Å²) in [4.78, 5) is 14.8. The van der Waals surface area contributed by atoms with E-state index in [-0.39, 0.29) is 10.4 Å². The van der Waals surface area contributed by atoms with Gasteiger partial charge in [-0.1, -0.05) is 0 Å². The van der Waals surface area contributed by atoms with E-state index in [1.807, 2.05) is 11.8 Å². The van der Waals surface area contributed by atoms with E-state index in [0.717, 1.165) is 17.2 Å². The molecule has 5 heteroatoms. The maximum absolute atomic E-state index is 10.7. The van der Waals surface area contributed by atoms with Crippen molar-refractivity contribution in [2.75, 3.05) is 5.75 Å². The minimum atomic E-state index is -0.931. The van der Waals surface area contributed by atoms with Gasteiger partial charge in [0.15, 0.2) is 5.69 Å². The lowest BCUT2D eigenvalue weighted by atomic mass is 10.1. The lowest BCUT2D eigenvalue weighted by Crippen LogP contribution is -2.12. The summed E-state index contributed by atoms with van der Waals surface area (Å²) >= 11 is 3.34. The first kappa shape index (κ1) is 9.98. The molecule has 1 aromatic heterocycles. The molecule has 1 aromatic rings. The first-order valence-corrected chi connectivity index (χ1v) is 6.32. The fourth-order valence-corrected chi connectivity index (χ4v) is 3.96. The van der Waals surface area contributed by atoms with Crippen LogP contribution in [0.3, 0.4) is 0 Å². The van der Waals surface area contributed by atoms with E-state index in [1.54, 1.807) is 5.38 Å². The number of thioether (sulfide) groups is 1. The first-order valence-electron chi connectivity index (χ1n) is 4.45. The van der Waals surface area contributed by atoms with E-state index < -0.39 is 5.97 Å². The topological polar surface area (TPSA) is 50.2 Å². The van der Waals surface area contributed by atoms with Crippen LogP contribution in [0.5, 0.6) is 0 Å². The largest absolute Gasteiger partial charge is 0.476 e. The fourth-order valence-electron chi connectivity index (χ4n) is 1.56. The summed E-state index contributed by atoms with van der Waals surface area (Å²) in [5.74, 6) is 0.220. The molecule has 0 amide bonds. The van der Waals surface area contributed by atoms with Crippen LogP contribution in [0.2, 0.25) is 0 Å². The third-order valence-corrected chi connectivity index (χ3v) is 5.16. The third-order valence-electron chi connectivity index (χ3n) is 2.39. The minimum absolute atomic E-state index is 0.0539. The molecule has 1 aliphatic heterocycles. The van der Waals surface area contributed by atoms with Gasteiger partial charge in [-0.05, 0) is 25.5 Å². The number of hydrogen-bond donors (Lipinski definition) is 1. The molecular formula is C9H11NO2S2. The van der Waals surface area contributed by atoms with E-state index in [1.165, 1.54) is 17.8 Å². The summed E-state index contributed by atoms with van der Waals surface area (Å²) in [6.45, 7) is 2.15. The van der Waals surface area contributed by atoms with Gasteiger partial charge in [-0.15, -0.1) is 23.1 Å². The van der Waals surface area contributed by atoms with Gasteiger partial charge in [-0.3, -0.25) is 0 Å². The molecular weight excluding hydrogens is 218 g/mol. The Morgan fingerprint density at radius 2 is 2.50 bits per heavy atom. The van der Waals surface area contributed by atoms with Gasteiger partial charge in [0.1, 0.15) is 5.01 Å². The zero-order chi connectivity index (χ0) is 10.2. The average Bonchev–Trinajstić information content (AvgIpc) is 2.71. The van der Waals surface area contributed by atoms with Gasteiger partial charge < -0.3 is 5.11 Å². The van der Waals surface area contributed by atoms with Crippen molar-refractivity contribution in [2.45, 2.75) is 24.5 Å². The van der Waals surface area contributed by atoms with Crippen LogP contribution < -0.4 is 0 Å². The third kappa shape index (κ3) is 1.66. The Hall–Kier alpha value is -0.550. The molecule has 2 heterocycles. The number of carboxylic acid groups (broad SMARTS) is 1. The quantitative estimate of drug-likeness (QED) is 0.846. The molecule has 0 aliphatic carbocycles. The van der Waals surface area contributed by atoms with Gasteiger partial charge in [0, 0.05) is 5.38 Å². The Morgan fingerprint density at radius 1 is 1.71 bits per heavy atom. The second-order valence-corrected chi connectivity index (χ2v) is 5.98. The predicted octanol–water partition coefficient (Wildman–Crippen LogP) is 2.58. The normalized spacial score (nSPS) is 26.6. The van der Waals surface area contributed by atoms with Crippen LogP contribution in [-0.4, -0.2) is 21.8 Å². The van der Waals surface area contributed by atoms with Gasteiger partial charge in [0.25, 0.3) is 0 Å². The molecule has 0 bridgehead atoms. The lowest BCUT2D eigenvalue weighted by molar-refractivity contribution is 0.0691. The van der Waals surface area contributed by atoms with Crippen molar-refractivity contribution >= 4 is 29.1 Å². The zero-order valence-corrected chi connectivity index (χ0v) is 9.45. The van der Waals surface area contributed by atoms with Crippen LogP contribution in [0.15, 0.2) is 5.38 Å². The maximum atomic E-state index is 10.7. The first-order chi connectivity index (χ1) is 6.62. The highest BCUT2D eigenvalue weighted by molar-refractivity contribution is 8.00. The second-order valence-electron chi connectivity index (χ2n) is 3.53. The van der Waals surface area contributed by atoms with E-state index in [4.69, 9.17) is 5.11 Å². The molecule has 0 radical (unpaired) electrons. The van der Waals surface area contributed by atoms with Crippen LogP contribution >= 0.6 is 23.1 Å². The molecule has 2 rings (SSSR count). The molecule has 1 unspecified atom stereocenters. The summed E-state index contributed by atoms with van der Waals surface area (Å²) < 4.78 is 0.0539. The Bertz CT molecular complexity index is 355. The highest BCUT2D eigenvalue weighted by Crippen LogP contribution is 2.46. The number of thiazole rings is 1. The highest BCUT2D eigenvalue weighted by Gasteiger charge is 2.34. The Morgan fingerprint density at radius 3 is 3.00 bits per heavy atom. The van der Waals surface area contributed by atoms with Crippen LogP contribution in [0.4, 0.5) is 0 Å². The predicted molar refractivity (Wildman–Crippen MR) is 58.1 cm³/mol. The summed E-state index contributed by atoms with van der Waals surface area (Å²) in [6, 6.07) is 0. The van der Waals surface area contributed by atoms with E-state index in [0.29, 0.717) is 0 Å². The summed E-state index contributed by atoms with van der Waals surface area (Å²) in [5, 5.41) is 11.3. The van der Waals surface area contributed by atoms with Gasteiger partial charge in [-0.2, -0.15) is 0 Å². The Balaban J connectivity index is 2.28. The van der Waals surface area contributed by atoms with Crippen LogP contribution in [0.1, 0.15) is 35.3 Å². The maximum Gasteiger partial charge on any atom is 0.355 e. The van der Waals surface area contributed by atoms with Crippen molar-refractivity contribution in [1.82, 2.24) is 4.98 Å². The molecule has 1 atom stereocenters. The number of aromatic carboxylic acids is 1. The van der Waals surface area contributed by atoms with Crippen LogP contribution in [0, 0.1) is 0 Å². The van der Waals surface area contributed by atoms with Gasteiger partial charge in [0.2, 0.25) is 0 Å². The zero-order valence-electron chi connectivity index (χ0n) is 7.82. The van der Waals surface area contributed by atoms with Crippen molar-refractivity contribution in [1.29, 1.82) is 0 Å². The molecule has 14 heavy (non-hydrogen) atoms. The van der Waals surface area contributed by atoms with Crippen molar-refractivity contribution in [2.24, 2.45) is 0 Å². The Kier molecular flexibility index (Phi) is 2.53. The molecule has 0 aromatic carbocycles. The monoisotopic (exact) mass is 229 g/mol. The number of rotatable bonds is 2. The summed E-state index contributed by atoms with van der Waals surface area (Å²) in [5.41, 5.74) is 0.179. The van der Waals surface area contributed by atoms with Crippen molar-refractivity contribution in [3.05, 3.63) is 16.1 Å². The standard InChI is InChI=1S/C9H11NO2S2/c1-9(3-2-4-14-9)8-10-6(5-13-8)7(11)12/h5H,2-4H2,1H3,(H,11,12). The number of nitrogens with zero attached hydrogens (tertiary/aromatic N) is 1. The molecule has 3 nitrogen and oxygen atoms in total. The van der Waals surface area contributed by atoms with Crippen LogP contribution in [0.25, 0.3) is 0 Å². The molecule has 1 fully saturated rings. The molecule has 0 saturated carbocycles. The second kappa shape index (κ2) is 3.55. The van der Waals surface area contributed by atoms with Crippen LogP contribution in [-0.2, 0) is 4.75 Å². The fraction of sp³-hybridized carbons (Fsp3) is 0.556. The summed E-state index contributed by atoms with van der Waals surface area (Å²) in [6.07, 6.45) is 2.30. The van der Waals surface area contributed by atoms with Crippen molar-refractivity contribution in [3.8, 4) is 0 Å². The highest BCUT2D eigenvalue weighted by atomic mass is 32.2. The van der Waals surface area contributed by atoms with E-state index >= 15 is 0 Å². The number of carbonyl (C=O) groups is 1. The minimum Gasteiger partial charge on any atom is -0.476 e. The Labute approximate surface area is 90.6 Å². The van der Waals surface area contributed by atoms with Gasteiger partial charge in [-0.25, -0.2) is 9.78 Å². The van der Waals surface area contributed by atoms with Gasteiger partial charge >= 0.3 is 5.97 Å². The molecule has 1 aliphatic rings. The number of aromatic nitrogens is 1. The number of carboxylic acids is 1. The SMILES string of the molecule is CC1(c2nc(C(=O)O)cs2)CCCS1. The molecule has 1 saturated heterocycles. The molecule has 1 N–H and O–H groups in total. The average molecular weight is 229 g/mol. The van der Waals surface area contributed by atoms with Crippen molar-refractivity contribution < 1.29 is 9.90 Å². The van der Waals surface area contributed by atoms with Gasteiger partial charge in [0.05, 0.1) is 4.75 Å². The lowest BCUT2D eigenvalue weighted by Gasteiger charge is -2.18. The van der Waals surface area contributed by atoms with E-state index in [2.05, 4.69) is 11.9 Å². The van der Waals surface area contributed by atoms with E-state index in [9.17, 15) is 4.79 Å². The smallest absolute Gasteiger partial charge is 0.355 e. The molecule has 0 spiro atoms.